The van der Waals surface area contributed by atoms with Crippen molar-refractivity contribution in [3.8, 4) is 0 Å². The lowest BCUT2D eigenvalue weighted by molar-refractivity contribution is 0.440. The van der Waals surface area contributed by atoms with Crippen molar-refractivity contribution < 1.29 is 0 Å². The number of thioether (sulfide) groups is 1. The molecule has 4 heteroatoms. The summed E-state index contributed by atoms with van der Waals surface area (Å²) in [6, 6.07) is 0.509. The summed E-state index contributed by atoms with van der Waals surface area (Å²) in [5, 5.41) is 0. The number of imidazole rings is 1. The quantitative estimate of drug-likeness (QED) is 0.737. The van der Waals surface area contributed by atoms with E-state index < -0.39 is 0 Å². The predicted molar refractivity (Wildman–Crippen MR) is 81.2 cm³/mol. The van der Waals surface area contributed by atoms with Crippen molar-refractivity contribution in [2.24, 2.45) is 11.7 Å². The van der Waals surface area contributed by atoms with Gasteiger partial charge in [-0.25, -0.2) is 4.98 Å². The Kier molecular flexibility index (Phi) is 6.79. The first kappa shape index (κ1) is 15.6. The van der Waals surface area contributed by atoms with Crippen molar-refractivity contribution in [3.63, 3.8) is 0 Å². The lowest BCUT2D eigenvalue weighted by Gasteiger charge is -2.24. The number of rotatable bonds is 8. The van der Waals surface area contributed by atoms with E-state index in [1.165, 1.54) is 23.6 Å². The highest BCUT2D eigenvalue weighted by atomic mass is 32.2. The van der Waals surface area contributed by atoms with Crippen LogP contribution >= 0.6 is 11.8 Å². The summed E-state index contributed by atoms with van der Waals surface area (Å²) in [6.45, 7) is 9.63. The topological polar surface area (TPSA) is 43.8 Å². The summed E-state index contributed by atoms with van der Waals surface area (Å²) < 4.78 is 2.31. The van der Waals surface area contributed by atoms with E-state index in [4.69, 9.17) is 5.73 Å². The van der Waals surface area contributed by atoms with Gasteiger partial charge in [0, 0.05) is 30.4 Å². The van der Waals surface area contributed by atoms with Gasteiger partial charge in [-0.05, 0) is 30.8 Å². The molecule has 2 unspecified atom stereocenters. The largest absolute Gasteiger partial charge is 0.331 e. The minimum atomic E-state index is 0.411. The lowest BCUT2D eigenvalue weighted by atomic mass is 9.92. The molecule has 3 nitrogen and oxygen atoms in total. The van der Waals surface area contributed by atoms with Gasteiger partial charge in [0.1, 0.15) is 0 Å². The summed E-state index contributed by atoms with van der Waals surface area (Å²) in [7, 11) is 0. The molecule has 1 rings (SSSR count). The van der Waals surface area contributed by atoms with Crippen LogP contribution in [0.5, 0.6) is 0 Å². The number of aromatic nitrogens is 2. The molecule has 0 saturated carbocycles. The van der Waals surface area contributed by atoms with Crippen molar-refractivity contribution >= 4 is 11.8 Å². The Morgan fingerprint density at radius 3 is 2.67 bits per heavy atom. The summed E-state index contributed by atoms with van der Waals surface area (Å²) in [4.78, 5) is 4.32. The van der Waals surface area contributed by atoms with Crippen LogP contribution in [0.3, 0.4) is 0 Å². The third-order valence-electron chi connectivity index (χ3n) is 3.49. The smallest absolute Gasteiger partial charge is 0.0950 e. The molecule has 2 atom stereocenters. The maximum Gasteiger partial charge on any atom is 0.0950 e. The minimum Gasteiger partial charge on any atom is -0.331 e. The first-order valence-corrected chi connectivity index (χ1v) is 8.06. The van der Waals surface area contributed by atoms with Gasteiger partial charge in [-0.15, -0.1) is 0 Å². The number of hydrogen-bond acceptors (Lipinski definition) is 3. The molecule has 0 aliphatic heterocycles. The van der Waals surface area contributed by atoms with Gasteiger partial charge in [0.05, 0.1) is 6.33 Å². The maximum atomic E-state index is 5.91. The Morgan fingerprint density at radius 2 is 2.11 bits per heavy atom. The molecular formula is C14H27N3S. The second-order valence-corrected chi connectivity index (χ2v) is 6.54. The van der Waals surface area contributed by atoms with E-state index in [1.54, 1.807) is 0 Å². The predicted octanol–water partition coefficient (Wildman–Crippen LogP) is 3.29. The van der Waals surface area contributed by atoms with Crippen LogP contribution in [0.1, 0.15) is 51.8 Å². The molecule has 0 aliphatic rings. The van der Waals surface area contributed by atoms with E-state index >= 15 is 0 Å². The number of nitrogens with two attached hydrogens (primary N) is 1. The Bertz CT molecular complexity index is 336. The van der Waals surface area contributed by atoms with Crippen molar-refractivity contribution in [2.75, 3.05) is 18.1 Å². The van der Waals surface area contributed by atoms with E-state index in [9.17, 15) is 0 Å². The average Bonchev–Trinajstić information content (AvgIpc) is 2.79. The highest BCUT2D eigenvalue weighted by molar-refractivity contribution is 7.99. The van der Waals surface area contributed by atoms with Gasteiger partial charge in [0.25, 0.3) is 0 Å². The molecule has 2 N–H and O–H groups in total. The van der Waals surface area contributed by atoms with E-state index in [0.29, 0.717) is 24.4 Å². The minimum absolute atomic E-state index is 0.411. The zero-order valence-corrected chi connectivity index (χ0v) is 12.9. The van der Waals surface area contributed by atoms with Crippen molar-refractivity contribution in [1.29, 1.82) is 0 Å². The Morgan fingerprint density at radius 1 is 1.39 bits per heavy atom. The zero-order valence-electron chi connectivity index (χ0n) is 12.1. The number of hydrogen-bond donors (Lipinski definition) is 1. The molecule has 0 spiro atoms. The summed E-state index contributed by atoms with van der Waals surface area (Å²) >= 11 is 2.00. The van der Waals surface area contributed by atoms with Gasteiger partial charge in [-0.2, -0.15) is 11.8 Å². The summed E-state index contributed by atoms with van der Waals surface area (Å²) in [5.41, 5.74) is 7.20. The van der Waals surface area contributed by atoms with Crippen LogP contribution in [0.4, 0.5) is 0 Å². The van der Waals surface area contributed by atoms with Crippen LogP contribution in [0, 0.1) is 5.92 Å². The molecule has 1 heterocycles. The van der Waals surface area contributed by atoms with E-state index in [1.807, 2.05) is 24.3 Å². The summed E-state index contributed by atoms with van der Waals surface area (Å²) in [6.07, 6.45) is 5.14. The fraction of sp³-hybridized carbons (Fsp3) is 0.786. The molecule has 0 aromatic carbocycles. The van der Waals surface area contributed by atoms with Crippen LogP contribution in [-0.4, -0.2) is 27.6 Å². The molecule has 0 bridgehead atoms. The van der Waals surface area contributed by atoms with E-state index in [-0.39, 0.29) is 0 Å². The third-order valence-corrected chi connectivity index (χ3v) is 4.43. The lowest BCUT2D eigenvalue weighted by Crippen LogP contribution is -2.22. The molecule has 1 aromatic rings. The molecule has 1 aromatic heterocycles. The molecule has 0 radical (unpaired) electrons. The van der Waals surface area contributed by atoms with Gasteiger partial charge in [-0.1, -0.05) is 20.8 Å². The fourth-order valence-corrected chi connectivity index (χ4v) is 3.04. The molecule has 104 valence electrons. The average molecular weight is 269 g/mol. The second-order valence-electron chi connectivity index (χ2n) is 5.15. The van der Waals surface area contributed by atoms with Crippen LogP contribution in [0.15, 0.2) is 12.5 Å². The Labute approximate surface area is 116 Å². The van der Waals surface area contributed by atoms with Gasteiger partial charge in [0.2, 0.25) is 0 Å². The second kappa shape index (κ2) is 7.85. The van der Waals surface area contributed by atoms with Gasteiger partial charge >= 0.3 is 0 Å². The van der Waals surface area contributed by atoms with Crippen molar-refractivity contribution in [1.82, 2.24) is 9.55 Å². The fourth-order valence-electron chi connectivity index (χ4n) is 2.24. The molecule has 18 heavy (non-hydrogen) atoms. The SMILES string of the molecule is CCSCCC(C)n1cncc1C(CN)C(C)C. The number of nitrogens with zero attached hydrogens (tertiary/aromatic N) is 2. The van der Waals surface area contributed by atoms with Crippen molar-refractivity contribution in [2.45, 2.75) is 46.1 Å². The Hall–Kier alpha value is -0.480. The highest BCUT2D eigenvalue weighted by Crippen LogP contribution is 2.26. The molecular weight excluding hydrogens is 242 g/mol. The van der Waals surface area contributed by atoms with Gasteiger partial charge in [-0.3, -0.25) is 0 Å². The zero-order chi connectivity index (χ0) is 13.5. The maximum absolute atomic E-state index is 5.91. The van der Waals surface area contributed by atoms with E-state index in [2.05, 4.69) is 37.2 Å². The molecule has 0 saturated heterocycles. The van der Waals surface area contributed by atoms with E-state index in [0.717, 1.165) is 0 Å². The third kappa shape index (κ3) is 4.02. The van der Waals surface area contributed by atoms with Crippen LogP contribution in [0.25, 0.3) is 0 Å². The molecule has 0 aliphatic carbocycles. The van der Waals surface area contributed by atoms with Crippen LogP contribution < -0.4 is 5.73 Å². The first-order chi connectivity index (χ1) is 8.61. The monoisotopic (exact) mass is 269 g/mol. The first-order valence-electron chi connectivity index (χ1n) is 6.91. The van der Waals surface area contributed by atoms with Crippen molar-refractivity contribution in [3.05, 3.63) is 18.2 Å². The Balaban J connectivity index is 2.74. The highest BCUT2D eigenvalue weighted by Gasteiger charge is 2.20. The van der Waals surface area contributed by atoms with Crippen LogP contribution in [-0.2, 0) is 0 Å². The normalized spacial score (nSPS) is 15.0. The standard InChI is InChI=1S/C14H27N3S/c1-5-18-7-6-12(4)17-10-16-9-14(17)13(8-15)11(2)3/h9-13H,5-8,15H2,1-4H3. The van der Waals surface area contributed by atoms with Gasteiger partial charge in [0.15, 0.2) is 0 Å². The summed E-state index contributed by atoms with van der Waals surface area (Å²) in [5.74, 6) is 3.38. The molecule has 0 fully saturated rings. The molecule has 0 amide bonds. The van der Waals surface area contributed by atoms with Crippen LogP contribution in [0.2, 0.25) is 0 Å². The van der Waals surface area contributed by atoms with Gasteiger partial charge < -0.3 is 10.3 Å².